The highest BCUT2D eigenvalue weighted by molar-refractivity contribution is 7.17. The van der Waals surface area contributed by atoms with E-state index in [-0.39, 0.29) is 17.7 Å². The zero-order chi connectivity index (χ0) is 22.1. The number of ether oxygens (including phenoxy) is 1. The molecule has 0 saturated carbocycles. The maximum atomic E-state index is 14.6. The Morgan fingerprint density at radius 2 is 1.91 bits per heavy atom. The van der Waals surface area contributed by atoms with Crippen LogP contribution < -0.4 is 10.1 Å². The lowest BCUT2D eigenvalue weighted by Crippen LogP contribution is -2.62. The molecule has 166 valence electrons. The molecule has 2 bridgehead atoms. The fourth-order valence-electron chi connectivity index (χ4n) is 4.89. The number of nitrogens with zero attached hydrogens (tertiary/aromatic N) is 1. The summed E-state index contributed by atoms with van der Waals surface area (Å²) >= 11 is 1.40. The van der Waals surface area contributed by atoms with Crippen LogP contribution in [0.2, 0.25) is 0 Å². The molecule has 1 aromatic heterocycles. The van der Waals surface area contributed by atoms with Crippen LogP contribution >= 0.6 is 11.3 Å². The SMILES string of the molecule is C[C@@H]1[C@H](NC(=O)c2ccc(-c3ccc(OCc4ccccc4)c(F)c3)s2)C2CCN1CC2. The molecule has 4 nitrogen and oxygen atoms in total. The van der Waals surface area contributed by atoms with Crippen molar-refractivity contribution in [1.82, 2.24) is 10.2 Å². The summed E-state index contributed by atoms with van der Waals surface area (Å²) in [6, 6.07) is 19.0. The molecule has 6 rings (SSSR count). The molecule has 1 N–H and O–H groups in total. The standard InChI is InChI=1S/C26H27FN2O2S/c1-17-25(19-11-13-29(17)14-12-19)28-26(30)24-10-9-23(32-24)20-7-8-22(21(27)15-20)31-16-18-5-3-2-4-6-18/h2-10,15,17,19,25H,11-14,16H2,1H3,(H,28,30)/t17-,25+/m1/s1. The molecule has 3 aliphatic rings. The van der Waals surface area contributed by atoms with E-state index < -0.39 is 5.82 Å². The third-order valence-corrected chi connectivity index (χ3v) is 7.89. The Kier molecular flexibility index (Phi) is 5.98. The smallest absolute Gasteiger partial charge is 0.261 e. The van der Waals surface area contributed by atoms with Gasteiger partial charge in [0.05, 0.1) is 4.88 Å². The van der Waals surface area contributed by atoms with E-state index in [1.165, 1.54) is 17.4 Å². The molecule has 0 radical (unpaired) electrons. The van der Waals surface area contributed by atoms with Crippen LogP contribution in [0.5, 0.6) is 5.75 Å². The number of carbonyl (C=O) groups excluding carboxylic acids is 1. The van der Waals surface area contributed by atoms with Gasteiger partial charge in [-0.2, -0.15) is 0 Å². The van der Waals surface area contributed by atoms with Gasteiger partial charge in [0.25, 0.3) is 5.91 Å². The molecule has 32 heavy (non-hydrogen) atoms. The Bertz CT molecular complexity index is 1090. The number of benzene rings is 2. The van der Waals surface area contributed by atoms with Crippen molar-refractivity contribution in [2.24, 2.45) is 5.92 Å². The molecule has 3 saturated heterocycles. The van der Waals surface area contributed by atoms with Gasteiger partial charge in [0.1, 0.15) is 6.61 Å². The molecular weight excluding hydrogens is 423 g/mol. The largest absolute Gasteiger partial charge is 0.486 e. The average molecular weight is 451 g/mol. The molecule has 2 atom stereocenters. The summed E-state index contributed by atoms with van der Waals surface area (Å²) in [6.45, 7) is 4.80. The topological polar surface area (TPSA) is 41.6 Å². The minimum Gasteiger partial charge on any atom is -0.486 e. The maximum Gasteiger partial charge on any atom is 0.261 e. The van der Waals surface area contributed by atoms with Crippen LogP contribution in [0.3, 0.4) is 0 Å². The van der Waals surface area contributed by atoms with E-state index in [1.54, 1.807) is 6.07 Å². The van der Waals surface area contributed by atoms with Crippen LogP contribution in [0.1, 0.15) is 35.0 Å². The van der Waals surface area contributed by atoms with E-state index in [4.69, 9.17) is 4.74 Å². The number of nitrogens with one attached hydrogen (secondary N) is 1. The zero-order valence-corrected chi connectivity index (χ0v) is 18.9. The third kappa shape index (κ3) is 4.30. The van der Waals surface area contributed by atoms with Crippen LogP contribution in [0, 0.1) is 11.7 Å². The van der Waals surface area contributed by atoms with E-state index in [1.807, 2.05) is 48.5 Å². The van der Waals surface area contributed by atoms with Gasteiger partial charge in [-0.05, 0) is 80.2 Å². The number of hydrogen-bond acceptors (Lipinski definition) is 4. The first-order valence-corrected chi connectivity index (χ1v) is 12.0. The van der Waals surface area contributed by atoms with Crippen molar-refractivity contribution in [3.05, 3.63) is 76.9 Å². The molecular formula is C26H27FN2O2S. The Labute approximate surface area is 192 Å². The van der Waals surface area contributed by atoms with Gasteiger partial charge in [-0.3, -0.25) is 9.69 Å². The highest BCUT2D eigenvalue weighted by atomic mass is 32.1. The van der Waals surface area contributed by atoms with Gasteiger partial charge in [-0.1, -0.05) is 30.3 Å². The number of fused-ring (bicyclic) bond motifs is 3. The monoisotopic (exact) mass is 450 g/mol. The highest BCUT2D eigenvalue weighted by Crippen LogP contribution is 2.34. The number of hydrogen-bond donors (Lipinski definition) is 1. The van der Waals surface area contributed by atoms with E-state index >= 15 is 0 Å². The maximum absolute atomic E-state index is 14.6. The number of rotatable bonds is 6. The van der Waals surface area contributed by atoms with Gasteiger partial charge < -0.3 is 10.1 Å². The Morgan fingerprint density at radius 1 is 1.12 bits per heavy atom. The molecule has 3 aliphatic heterocycles. The summed E-state index contributed by atoms with van der Waals surface area (Å²) < 4.78 is 20.3. The van der Waals surface area contributed by atoms with Crippen LogP contribution in [0.25, 0.3) is 10.4 Å². The van der Waals surface area contributed by atoms with Gasteiger partial charge in [0, 0.05) is 17.0 Å². The minimum atomic E-state index is -0.404. The van der Waals surface area contributed by atoms with Crippen molar-refractivity contribution in [2.75, 3.05) is 13.1 Å². The quantitative estimate of drug-likeness (QED) is 0.551. The van der Waals surface area contributed by atoms with Gasteiger partial charge in [-0.15, -0.1) is 11.3 Å². The first-order chi connectivity index (χ1) is 15.6. The second-order valence-corrected chi connectivity index (χ2v) is 9.78. The predicted octanol–water partition coefficient (Wildman–Crippen LogP) is 5.35. The molecule has 0 spiro atoms. The number of thiophene rings is 1. The average Bonchev–Trinajstić information content (AvgIpc) is 3.32. The Hall–Kier alpha value is -2.70. The third-order valence-electron chi connectivity index (χ3n) is 6.76. The van der Waals surface area contributed by atoms with Crippen molar-refractivity contribution in [2.45, 2.75) is 38.5 Å². The number of carbonyl (C=O) groups is 1. The second-order valence-electron chi connectivity index (χ2n) is 8.70. The fraction of sp³-hybridized carbons (Fsp3) is 0.346. The fourth-order valence-corrected chi connectivity index (χ4v) is 5.79. The lowest BCUT2D eigenvalue weighted by molar-refractivity contribution is 0.0218. The number of piperidine rings is 3. The number of halogens is 1. The molecule has 6 heteroatoms. The van der Waals surface area contributed by atoms with Crippen LogP contribution in [0.15, 0.2) is 60.7 Å². The molecule has 2 aromatic carbocycles. The normalized spacial score (nSPS) is 24.3. The Balaban J connectivity index is 1.25. The predicted molar refractivity (Wildman–Crippen MR) is 126 cm³/mol. The molecule has 0 aliphatic carbocycles. The van der Waals surface area contributed by atoms with Crippen LogP contribution in [0.4, 0.5) is 4.39 Å². The van der Waals surface area contributed by atoms with Gasteiger partial charge in [-0.25, -0.2) is 4.39 Å². The van der Waals surface area contributed by atoms with Gasteiger partial charge >= 0.3 is 0 Å². The summed E-state index contributed by atoms with van der Waals surface area (Å²) in [6.07, 6.45) is 2.31. The molecule has 0 unspecified atom stereocenters. The van der Waals surface area contributed by atoms with E-state index in [0.717, 1.165) is 41.9 Å². The van der Waals surface area contributed by atoms with Crippen molar-refractivity contribution >= 4 is 17.2 Å². The first kappa shape index (κ1) is 21.2. The van der Waals surface area contributed by atoms with E-state index in [9.17, 15) is 9.18 Å². The van der Waals surface area contributed by atoms with Crippen molar-refractivity contribution in [1.29, 1.82) is 0 Å². The molecule has 3 aromatic rings. The molecule has 3 fully saturated rings. The van der Waals surface area contributed by atoms with Crippen molar-refractivity contribution in [3.8, 4) is 16.2 Å². The van der Waals surface area contributed by atoms with Crippen LogP contribution in [-0.2, 0) is 6.61 Å². The summed E-state index contributed by atoms with van der Waals surface area (Å²) in [5.41, 5.74) is 1.73. The van der Waals surface area contributed by atoms with Gasteiger partial charge in [0.15, 0.2) is 11.6 Å². The molecule has 4 heterocycles. The second kappa shape index (κ2) is 9.04. The van der Waals surface area contributed by atoms with Crippen LogP contribution in [-0.4, -0.2) is 36.0 Å². The van der Waals surface area contributed by atoms with E-state index in [2.05, 4.69) is 17.1 Å². The number of amides is 1. The summed E-state index contributed by atoms with van der Waals surface area (Å²) in [5.74, 6) is 0.355. The Morgan fingerprint density at radius 3 is 2.62 bits per heavy atom. The minimum absolute atomic E-state index is 0.0323. The summed E-state index contributed by atoms with van der Waals surface area (Å²) in [7, 11) is 0. The summed E-state index contributed by atoms with van der Waals surface area (Å²) in [5, 5.41) is 3.27. The first-order valence-electron chi connectivity index (χ1n) is 11.2. The lowest BCUT2D eigenvalue weighted by atomic mass is 9.79. The zero-order valence-electron chi connectivity index (χ0n) is 18.1. The lowest BCUT2D eigenvalue weighted by Gasteiger charge is -2.49. The van der Waals surface area contributed by atoms with Crippen molar-refractivity contribution < 1.29 is 13.9 Å². The highest BCUT2D eigenvalue weighted by Gasteiger charge is 2.40. The van der Waals surface area contributed by atoms with Crippen molar-refractivity contribution in [3.63, 3.8) is 0 Å². The van der Waals surface area contributed by atoms with Gasteiger partial charge in [0.2, 0.25) is 0 Å². The summed E-state index contributed by atoms with van der Waals surface area (Å²) in [4.78, 5) is 16.9. The van der Waals surface area contributed by atoms with E-state index in [0.29, 0.717) is 23.4 Å². The molecule has 1 amide bonds.